The molecule has 0 amide bonds. The van der Waals surface area contributed by atoms with E-state index in [0.29, 0.717) is 0 Å². The van der Waals surface area contributed by atoms with E-state index in [1.165, 1.54) is 0 Å². The number of benzene rings is 1. The minimum Gasteiger partial charge on any atom is -0.325 e. The Hall–Kier alpha value is -3.02. The lowest BCUT2D eigenvalue weighted by atomic mass is 10.2. The lowest BCUT2D eigenvalue weighted by Gasteiger charge is -2.15. The van der Waals surface area contributed by atoms with Gasteiger partial charge in [0.15, 0.2) is 11.6 Å². The van der Waals surface area contributed by atoms with Gasteiger partial charge in [-0.1, -0.05) is 12.1 Å². The fourth-order valence-electron chi connectivity index (χ4n) is 3.02. The van der Waals surface area contributed by atoms with Crippen LogP contribution in [-0.4, -0.2) is 29.1 Å². The molecule has 0 saturated heterocycles. The first-order chi connectivity index (χ1) is 11.7. The lowest BCUT2D eigenvalue weighted by Crippen LogP contribution is -2.11. The Kier molecular flexibility index (Phi) is 3.57. The highest BCUT2D eigenvalue weighted by atomic mass is 15.2. The fourth-order valence-corrected chi connectivity index (χ4v) is 3.02. The molecule has 4 aromatic rings. The number of fused-ring (bicyclic) bond motifs is 1. The Morgan fingerprint density at radius 3 is 2.71 bits per heavy atom. The quantitative estimate of drug-likeness (QED) is 0.580. The zero-order valence-electron chi connectivity index (χ0n) is 13.7. The topological polar surface area (TPSA) is 61.4 Å². The molecule has 0 aliphatic heterocycles. The second kappa shape index (κ2) is 5.88. The van der Waals surface area contributed by atoms with Gasteiger partial charge in [0, 0.05) is 50.5 Å². The van der Waals surface area contributed by atoms with Crippen molar-refractivity contribution in [3.05, 3.63) is 60.9 Å². The smallest absolute Gasteiger partial charge is 0.177 e. The van der Waals surface area contributed by atoms with Crippen LogP contribution in [-0.2, 0) is 13.5 Å². The molecule has 24 heavy (non-hydrogen) atoms. The second-order valence-corrected chi connectivity index (χ2v) is 5.89. The van der Waals surface area contributed by atoms with Gasteiger partial charge in [-0.15, -0.1) is 0 Å². The molecule has 4 rings (SSSR count). The van der Waals surface area contributed by atoms with Gasteiger partial charge in [0.2, 0.25) is 0 Å². The normalized spacial score (nSPS) is 12.6. The zero-order chi connectivity index (χ0) is 16.5. The van der Waals surface area contributed by atoms with Gasteiger partial charge in [-0.25, -0.2) is 9.97 Å². The third-order valence-electron chi connectivity index (χ3n) is 4.25. The molecule has 0 aliphatic rings. The van der Waals surface area contributed by atoms with Crippen LogP contribution in [0.2, 0.25) is 0 Å². The summed E-state index contributed by atoms with van der Waals surface area (Å²) in [7, 11) is 2.02. The average Bonchev–Trinajstić information content (AvgIpc) is 3.21. The van der Waals surface area contributed by atoms with Crippen molar-refractivity contribution in [2.75, 3.05) is 0 Å². The van der Waals surface area contributed by atoms with Crippen molar-refractivity contribution >= 4 is 11.0 Å². The van der Waals surface area contributed by atoms with E-state index in [2.05, 4.69) is 37.1 Å². The van der Waals surface area contributed by atoms with Crippen LogP contribution in [0.5, 0.6) is 0 Å². The first-order valence-electron chi connectivity index (χ1n) is 7.93. The molecule has 1 atom stereocenters. The molecule has 120 valence electrons. The third kappa shape index (κ3) is 2.46. The highest BCUT2D eigenvalue weighted by Gasteiger charge is 2.18. The van der Waals surface area contributed by atoms with E-state index in [-0.39, 0.29) is 6.04 Å². The number of hydrogen-bond donors (Lipinski definition) is 0. The highest BCUT2D eigenvalue weighted by molar-refractivity contribution is 5.79. The van der Waals surface area contributed by atoms with Gasteiger partial charge in [0.25, 0.3) is 0 Å². The van der Waals surface area contributed by atoms with Gasteiger partial charge in [-0.2, -0.15) is 0 Å². The van der Waals surface area contributed by atoms with Crippen molar-refractivity contribution in [1.82, 2.24) is 29.1 Å². The predicted octanol–water partition coefficient (Wildman–Crippen LogP) is 3.03. The average molecular weight is 318 g/mol. The van der Waals surface area contributed by atoms with Crippen molar-refractivity contribution in [2.45, 2.75) is 19.4 Å². The predicted molar refractivity (Wildman–Crippen MR) is 92.4 cm³/mol. The maximum atomic E-state index is 4.76. The fraction of sp³-hybridized carbons (Fsp3) is 0.222. The van der Waals surface area contributed by atoms with Crippen LogP contribution in [0.3, 0.4) is 0 Å². The molecule has 6 nitrogen and oxygen atoms in total. The second-order valence-electron chi connectivity index (χ2n) is 5.89. The van der Waals surface area contributed by atoms with Crippen LogP contribution >= 0.6 is 0 Å². The lowest BCUT2D eigenvalue weighted by molar-refractivity contribution is 0.540. The Labute approximate surface area is 139 Å². The van der Waals surface area contributed by atoms with Crippen LogP contribution in [0, 0.1) is 0 Å². The Morgan fingerprint density at radius 2 is 1.92 bits per heavy atom. The molecule has 3 aromatic heterocycles. The van der Waals surface area contributed by atoms with E-state index in [4.69, 9.17) is 4.98 Å². The SMILES string of the molecule is C[C@@H](Cc1cnccn1)n1ccnc1-c1nc2ccccc2n1C. The summed E-state index contributed by atoms with van der Waals surface area (Å²) in [4.78, 5) is 17.8. The molecule has 0 N–H and O–H groups in total. The standard InChI is InChI=1S/C18H18N6/c1-13(11-14-12-19-7-8-20-14)24-10-9-21-17(24)18-22-15-5-3-4-6-16(15)23(18)2/h3-10,12-13H,11H2,1-2H3/t13-/m0/s1. The largest absolute Gasteiger partial charge is 0.325 e. The number of rotatable bonds is 4. The number of para-hydroxylation sites is 2. The third-order valence-corrected chi connectivity index (χ3v) is 4.25. The van der Waals surface area contributed by atoms with E-state index in [1.807, 2.05) is 43.8 Å². The molecule has 1 aromatic carbocycles. The van der Waals surface area contributed by atoms with Crippen LogP contribution in [0.1, 0.15) is 18.7 Å². The van der Waals surface area contributed by atoms with Crippen molar-refractivity contribution in [1.29, 1.82) is 0 Å². The van der Waals surface area contributed by atoms with Gasteiger partial charge >= 0.3 is 0 Å². The van der Waals surface area contributed by atoms with Gasteiger partial charge in [0.1, 0.15) is 0 Å². The maximum absolute atomic E-state index is 4.76. The van der Waals surface area contributed by atoms with Gasteiger partial charge < -0.3 is 9.13 Å². The van der Waals surface area contributed by atoms with Crippen LogP contribution < -0.4 is 0 Å². The Morgan fingerprint density at radius 1 is 1.04 bits per heavy atom. The Balaban J connectivity index is 1.72. The summed E-state index contributed by atoms with van der Waals surface area (Å²) in [5.74, 6) is 1.73. The molecular formula is C18H18N6. The Bertz CT molecular complexity index is 970. The number of hydrogen-bond acceptors (Lipinski definition) is 4. The minimum atomic E-state index is 0.207. The maximum Gasteiger partial charge on any atom is 0.177 e. The molecule has 0 saturated carbocycles. The van der Waals surface area contributed by atoms with Crippen molar-refractivity contribution < 1.29 is 0 Å². The van der Waals surface area contributed by atoms with Gasteiger partial charge in [-0.05, 0) is 19.1 Å². The molecule has 0 bridgehead atoms. The van der Waals surface area contributed by atoms with Crippen molar-refractivity contribution in [2.24, 2.45) is 7.05 Å². The number of nitrogens with zero attached hydrogens (tertiary/aromatic N) is 6. The molecular weight excluding hydrogens is 300 g/mol. The van der Waals surface area contributed by atoms with Gasteiger partial charge in [-0.3, -0.25) is 9.97 Å². The van der Waals surface area contributed by atoms with Crippen molar-refractivity contribution in [3.8, 4) is 11.6 Å². The minimum absolute atomic E-state index is 0.207. The van der Waals surface area contributed by atoms with Crippen molar-refractivity contribution in [3.63, 3.8) is 0 Å². The van der Waals surface area contributed by atoms with Crippen LogP contribution in [0.4, 0.5) is 0 Å². The number of aromatic nitrogens is 6. The molecule has 6 heteroatoms. The van der Waals surface area contributed by atoms with E-state index in [1.54, 1.807) is 12.4 Å². The molecule has 0 unspecified atom stereocenters. The summed E-state index contributed by atoms with van der Waals surface area (Å²) < 4.78 is 4.24. The molecule has 0 spiro atoms. The first-order valence-corrected chi connectivity index (χ1v) is 7.93. The first kappa shape index (κ1) is 14.6. The van der Waals surface area contributed by atoms with E-state index in [9.17, 15) is 0 Å². The summed E-state index contributed by atoms with van der Waals surface area (Å²) in [6.45, 7) is 2.16. The molecule has 0 aliphatic carbocycles. The monoisotopic (exact) mass is 318 g/mol. The van der Waals surface area contributed by atoms with Crippen LogP contribution in [0.25, 0.3) is 22.7 Å². The summed E-state index contributed by atoms with van der Waals surface area (Å²) in [5.41, 5.74) is 3.05. The van der Waals surface area contributed by atoms with Crippen LogP contribution in [0.15, 0.2) is 55.2 Å². The molecule has 3 heterocycles. The van der Waals surface area contributed by atoms with Gasteiger partial charge in [0.05, 0.1) is 16.7 Å². The van der Waals surface area contributed by atoms with E-state index < -0.39 is 0 Å². The van der Waals surface area contributed by atoms with E-state index in [0.717, 1.165) is 34.8 Å². The highest BCUT2D eigenvalue weighted by Crippen LogP contribution is 2.25. The number of imidazole rings is 2. The summed E-state index contributed by atoms with van der Waals surface area (Å²) in [6.07, 6.45) is 9.83. The summed E-state index contributed by atoms with van der Waals surface area (Å²) >= 11 is 0. The zero-order valence-corrected chi connectivity index (χ0v) is 13.7. The molecule has 0 fully saturated rings. The van der Waals surface area contributed by atoms with E-state index >= 15 is 0 Å². The number of aryl methyl sites for hydroxylation is 1. The summed E-state index contributed by atoms with van der Waals surface area (Å²) in [6, 6.07) is 8.33. The summed E-state index contributed by atoms with van der Waals surface area (Å²) in [5, 5.41) is 0. The molecule has 0 radical (unpaired) electrons.